The minimum Gasteiger partial charge on any atom is -0.444 e. The predicted molar refractivity (Wildman–Crippen MR) is 102 cm³/mol. The first-order valence-corrected chi connectivity index (χ1v) is 8.59. The zero-order valence-electron chi connectivity index (χ0n) is 16.0. The number of likely N-dealkylation sites (N-methyl/N-ethyl adjacent to an activating group) is 1. The van der Waals surface area contributed by atoms with Crippen molar-refractivity contribution in [1.29, 1.82) is 0 Å². The van der Waals surface area contributed by atoms with E-state index in [2.05, 4.69) is 20.6 Å². The van der Waals surface area contributed by atoms with Crippen LogP contribution in [0.3, 0.4) is 0 Å². The maximum atomic E-state index is 11.9. The molecule has 1 aromatic heterocycles. The molecule has 0 saturated carbocycles. The summed E-state index contributed by atoms with van der Waals surface area (Å²) >= 11 is 0. The second-order valence-electron chi connectivity index (χ2n) is 6.33. The molecule has 0 bridgehead atoms. The summed E-state index contributed by atoms with van der Waals surface area (Å²) in [6, 6.07) is 10.1. The molecule has 0 fully saturated rings. The molecule has 1 amide bonds. The average Bonchev–Trinajstić information content (AvgIpc) is 2.95. The number of carbonyl (C=O) groups is 1. The van der Waals surface area contributed by atoms with Crippen LogP contribution in [0.5, 0.6) is 0 Å². The van der Waals surface area contributed by atoms with Crippen LogP contribution in [-0.4, -0.2) is 42.4 Å². The fourth-order valence-corrected chi connectivity index (χ4v) is 2.24. The fraction of sp³-hybridized carbons (Fsp3) is 0.421. The molecule has 7 heteroatoms. The second kappa shape index (κ2) is 9.03. The molecule has 0 saturated heterocycles. The van der Waals surface area contributed by atoms with Gasteiger partial charge in [0.05, 0.1) is 18.3 Å². The van der Waals surface area contributed by atoms with Crippen LogP contribution >= 0.6 is 0 Å². The maximum absolute atomic E-state index is 11.9. The number of carbonyl (C=O) groups excluding carboxylic acids is 1. The number of benzene rings is 1. The van der Waals surface area contributed by atoms with E-state index >= 15 is 0 Å². The molecule has 140 valence electrons. The molecule has 1 heterocycles. The van der Waals surface area contributed by atoms with Crippen molar-refractivity contribution < 1.29 is 9.21 Å². The molecular formula is C19H27N5O2. The van der Waals surface area contributed by atoms with Crippen LogP contribution in [0, 0.1) is 13.8 Å². The van der Waals surface area contributed by atoms with Crippen LogP contribution in [0.1, 0.15) is 35.9 Å². The van der Waals surface area contributed by atoms with E-state index in [9.17, 15) is 4.79 Å². The molecule has 26 heavy (non-hydrogen) atoms. The van der Waals surface area contributed by atoms with E-state index in [4.69, 9.17) is 4.42 Å². The Morgan fingerprint density at radius 3 is 2.54 bits per heavy atom. The molecule has 0 spiro atoms. The molecule has 1 aromatic carbocycles. The van der Waals surface area contributed by atoms with Gasteiger partial charge in [-0.05, 0) is 26.3 Å². The highest BCUT2D eigenvalue weighted by Crippen LogP contribution is 2.11. The first-order valence-electron chi connectivity index (χ1n) is 8.59. The monoisotopic (exact) mass is 357 g/mol. The Bertz CT molecular complexity index is 733. The Hall–Kier alpha value is -2.83. The summed E-state index contributed by atoms with van der Waals surface area (Å²) in [6.45, 7) is 6.28. The van der Waals surface area contributed by atoms with Gasteiger partial charge in [-0.3, -0.25) is 4.79 Å². The van der Waals surface area contributed by atoms with Crippen LogP contribution in [0.2, 0.25) is 0 Å². The summed E-state index contributed by atoms with van der Waals surface area (Å²) in [5, 5.41) is 6.50. The van der Waals surface area contributed by atoms with Gasteiger partial charge in [-0.15, -0.1) is 0 Å². The quantitative estimate of drug-likeness (QED) is 0.612. The highest BCUT2D eigenvalue weighted by Gasteiger charge is 2.11. The highest BCUT2D eigenvalue weighted by molar-refractivity contribution is 5.84. The van der Waals surface area contributed by atoms with Crippen LogP contribution < -0.4 is 10.6 Å². The number of hydrogen-bond acceptors (Lipinski definition) is 4. The molecule has 0 aliphatic heterocycles. The topological polar surface area (TPSA) is 82.8 Å². The average molecular weight is 357 g/mol. The summed E-state index contributed by atoms with van der Waals surface area (Å²) in [7, 11) is 3.42. The van der Waals surface area contributed by atoms with Crippen LogP contribution in [0.25, 0.3) is 0 Å². The molecule has 1 unspecified atom stereocenters. The summed E-state index contributed by atoms with van der Waals surface area (Å²) in [5.74, 6) is 1.85. The third-order valence-corrected chi connectivity index (χ3v) is 4.00. The third-order valence-electron chi connectivity index (χ3n) is 4.00. The van der Waals surface area contributed by atoms with Gasteiger partial charge >= 0.3 is 0 Å². The lowest BCUT2D eigenvalue weighted by atomic mass is 10.1. The van der Waals surface area contributed by atoms with Gasteiger partial charge in [0.1, 0.15) is 12.3 Å². The normalized spacial score (nSPS) is 12.6. The SMILES string of the molecule is Cc1nc(CNC(=NCC(=O)N(C)C)NC(C)c2ccccc2)oc1C. The van der Waals surface area contributed by atoms with Gasteiger partial charge in [0, 0.05) is 14.1 Å². The second-order valence-corrected chi connectivity index (χ2v) is 6.33. The number of aryl methyl sites for hydroxylation is 2. The minimum absolute atomic E-state index is 0.0324. The first kappa shape index (κ1) is 19.5. The zero-order valence-corrected chi connectivity index (χ0v) is 16.0. The molecule has 0 radical (unpaired) electrons. The minimum atomic E-state index is -0.0683. The molecule has 0 aliphatic rings. The lowest BCUT2D eigenvalue weighted by molar-refractivity contribution is -0.127. The van der Waals surface area contributed by atoms with E-state index in [1.54, 1.807) is 14.1 Å². The van der Waals surface area contributed by atoms with Crippen molar-refractivity contribution in [1.82, 2.24) is 20.5 Å². The van der Waals surface area contributed by atoms with Crippen molar-refractivity contribution in [2.75, 3.05) is 20.6 Å². The van der Waals surface area contributed by atoms with Crippen molar-refractivity contribution in [3.8, 4) is 0 Å². The summed E-state index contributed by atoms with van der Waals surface area (Å²) in [4.78, 5) is 22.1. The van der Waals surface area contributed by atoms with E-state index in [0.717, 1.165) is 17.0 Å². The third kappa shape index (κ3) is 5.61. The highest BCUT2D eigenvalue weighted by atomic mass is 16.4. The van der Waals surface area contributed by atoms with Crippen molar-refractivity contribution in [2.24, 2.45) is 4.99 Å². The van der Waals surface area contributed by atoms with Gasteiger partial charge in [-0.2, -0.15) is 0 Å². The van der Waals surface area contributed by atoms with E-state index in [1.165, 1.54) is 4.90 Å². The molecular weight excluding hydrogens is 330 g/mol. The summed E-state index contributed by atoms with van der Waals surface area (Å²) in [6.07, 6.45) is 0. The number of nitrogens with one attached hydrogen (secondary N) is 2. The van der Waals surface area contributed by atoms with Crippen LogP contribution in [0.4, 0.5) is 0 Å². The van der Waals surface area contributed by atoms with Crippen molar-refractivity contribution >= 4 is 11.9 Å². The number of oxazole rings is 1. The summed E-state index contributed by atoms with van der Waals surface area (Å²) < 4.78 is 5.59. The number of aromatic nitrogens is 1. The molecule has 0 aliphatic carbocycles. The standard InChI is InChI=1S/C19H27N5O2/c1-13-15(3)26-17(22-13)11-20-19(21-12-18(25)24(4)5)23-14(2)16-9-7-6-8-10-16/h6-10,14H,11-12H2,1-5H3,(H2,20,21,23). The first-order chi connectivity index (χ1) is 12.4. The number of amides is 1. The fourth-order valence-electron chi connectivity index (χ4n) is 2.24. The largest absolute Gasteiger partial charge is 0.444 e. The van der Waals surface area contributed by atoms with Crippen molar-refractivity contribution in [3.63, 3.8) is 0 Å². The van der Waals surface area contributed by atoms with Gasteiger partial charge < -0.3 is 20.0 Å². The Balaban J connectivity index is 2.07. The van der Waals surface area contributed by atoms with E-state index < -0.39 is 0 Å². The lowest BCUT2D eigenvalue weighted by Crippen LogP contribution is -2.39. The van der Waals surface area contributed by atoms with E-state index in [1.807, 2.05) is 51.1 Å². The van der Waals surface area contributed by atoms with Crippen LogP contribution in [-0.2, 0) is 11.3 Å². The van der Waals surface area contributed by atoms with Gasteiger partial charge in [-0.1, -0.05) is 30.3 Å². The van der Waals surface area contributed by atoms with Crippen molar-refractivity contribution in [3.05, 3.63) is 53.2 Å². The van der Waals surface area contributed by atoms with Crippen molar-refractivity contribution in [2.45, 2.75) is 33.4 Å². The predicted octanol–water partition coefficient (Wildman–Crippen LogP) is 2.18. The zero-order chi connectivity index (χ0) is 19.1. The smallest absolute Gasteiger partial charge is 0.243 e. The van der Waals surface area contributed by atoms with Gasteiger partial charge in [0.2, 0.25) is 11.8 Å². The summed E-state index contributed by atoms with van der Waals surface area (Å²) in [5.41, 5.74) is 2.00. The molecule has 2 N–H and O–H groups in total. The molecule has 1 atom stereocenters. The Labute approximate surface area is 154 Å². The van der Waals surface area contributed by atoms with E-state index in [-0.39, 0.29) is 18.5 Å². The van der Waals surface area contributed by atoms with Crippen LogP contribution in [0.15, 0.2) is 39.7 Å². The van der Waals surface area contributed by atoms with E-state index in [0.29, 0.717) is 18.4 Å². The number of aliphatic imine (C=N–C) groups is 1. The Kier molecular flexibility index (Phi) is 6.77. The number of guanidine groups is 1. The van der Waals surface area contributed by atoms with Gasteiger partial charge in [0.25, 0.3) is 0 Å². The molecule has 7 nitrogen and oxygen atoms in total. The molecule has 2 rings (SSSR count). The Morgan fingerprint density at radius 1 is 1.27 bits per heavy atom. The maximum Gasteiger partial charge on any atom is 0.243 e. The lowest BCUT2D eigenvalue weighted by Gasteiger charge is -2.18. The molecule has 2 aromatic rings. The number of hydrogen-bond donors (Lipinski definition) is 2. The van der Waals surface area contributed by atoms with Gasteiger partial charge in [0.15, 0.2) is 5.96 Å². The number of nitrogens with zero attached hydrogens (tertiary/aromatic N) is 3. The Morgan fingerprint density at radius 2 is 1.96 bits per heavy atom. The van der Waals surface area contributed by atoms with Gasteiger partial charge in [-0.25, -0.2) is 9.98 Å². The number of rotatable bonds is 6.